The lowest BCUT2D eigenvalue weighted by atomic mass is 10.1. The average molecular weight is 434 g/mol. The third-order valence-corrected chi connectivity index (χ3v) is 6.13. The Kier molecular flexibility index (Phi) is 7.28. The molecule has 0 spiro atoms. The molecule has 0 amide bonds. The number of hydrogen-bond donors (Lipinski definition) is 1. The van der Waals surface area contributed by atoms with Gasteiger partial charge in [0.2, 0.25) is 5.88 Å². The van der Waals surface area contributed by atoms with Gasteiger partial charge in [0, 0.05) is 31.7 Å². The van der Waals surface area contributed by atoms with E-state index in [9.17, 15) is 5.11 Å². The van der Waals surface area contributed by atoms with E-state index in [1.807, 2.05) is 42.1 Å². The Balaban J connectivity index is 1.66. The normalized spacial score (nSPS) is 14.7. The standard InChI is InChI=1S/C27H35N3O2/c1-4-5-11-23(31)18-30(22-14-15-22)19-25-26(21-9-7-6-8-10-21)28-29(3)27(25)32-24-16-12-20(2)13-17-24/h6-10,12-13,16-17,22-23,31H,4-5,11,14-15,18-19H2,1-3H3/t23-/m1/s1. The van der Waals surface area contributed by atoms with Gasteiger partial charge in [-0.2, -0.15) is 5.10 Å². The highest BCUT2D eigenvalue weighted by atomic mass is 16.5. The lowest BCUT2D eigenvalue weighted by Crippen LogP contribution is -2.34. The minimum Gasteiger partial charge on any atom is -0.439 e. The lowest BCUT2D eigenvalue weighted by Gasteiger charge is -2.25. The fraction of sp³-hybridized carbons (Fsp3) is 0.444. The van der Waals surface area contributed by atoms with Crippen LogP contribution < -0.4 is 4.74 Å². The quantitative estimate of drug-likeness (QED) is 0.421. The van der Waals surface area contributed by atoms with Crippen LogP contribution >= 0.6 is 0 Å². The molecule has 0 unspecified atom stereocenters. The predicted molar refractivity (Wildman–Crippen MR) is 129 cm³/mol. The van der Waals surface area contributed by atoms with Gasteiger partial charge in [-0.1, -0.05) is 67.8 Å². The molecule has 1 atom stereocenters. The number of rotatable bonds is 11. The number of nitrogens with zero attached hydrogens (tertiary/aromatic N) is 3. The van der Waals surface area contributed by atoms with Crippen LogP contribution in [0.2, 0.25) is 0 Å². The van der Waals surface area contributed by atoms with Crippen LogP contribution in [0.5, 0.6) is 11.6 Å². The molecule has 0 radical (unpaired) electrons. The second-order valence-electron chi connectivity index (χ2n) is 8.99. The maximum Gasteiger partial charge on any atom is 0.222 e. The van der Waals surface area contributed by atoms with Crippen molar-refractivity contribution in [3.8, 4) is 22.9 Å². The van der Waals surface area contributed by atoms with Crippen molar-refractivity contribution in [2.75, 3.05) is 6.54 Å². The highest BCUT2D eigenvalue weighted by Crippen LogP contribution is 2.37. The van der Waals surface area contributed by atoms with E-state index >= 15 is 0 Å². The fourth-order valence-corrected chi connectivity index (χ4v) is 4.16. The summed E-state index contributed by atoms with van der Waals surface area (Å²) < 4.78 is 8.22. The molecule has 1 heterocycles. The van der Waals surface area contributed by atoms with Gasteiger partial charge >= 0.3 is 0 Å². The number of aromatic nitrogens is 2. The van der Waals surface area contributed by atoms with E-state index in [-0.39, 0.29) is 6.10 Å². The van der Waals surface area contributed by atoms with Crippen molar-refractivity contribution < 1.29 is 9.84 Å². The number of ether oxygens (including phenoxy) is 1. The first-order valence-corrected chi connectivity index (χ1v) is 11.8. The Morgan fingerprint density at radius 1 is 1.12 bits per heavy atom. The number of aliphatic hydroxyl groups excluding tert-OH is 1. The maximum atomic E-state index is 10.6. The molecule has 1 N–H and O–H groups in total. The van der Waals surface area contributed by atoms with Crippen molar-refractivity contribution >= 4 is 0 Å². The topological polar surface area (TPSA) is 50.5 Å². The van der Waals surface area contributed by atoms with E-state index in [2.05, 4.69) is 43.0 Å². The van der Waals surface area contributed by atoms with E-state index in [0.29, 0.717) is 19.1 Å². The zero-order valence-corrected chi connectivity index (χ0v) is 19.5. The van der Waals surface area contributed by atoms with E-state index in [4.69, 9.17) is 9.84 Å². The molecular weight excluding hydrogens is 398 g/mol. The first kappa shape index (κ1) is 22.6. The van der Waals surface area contributed by atoms with E-state index in [1.165, 1.54) is 18.4 Å². The van der Waals surface area contributed by atoms with E-state index in [1.54, 1.807) is 0 Å². The number of aryl methyl sites for hydroxylation is 2. The molecule has 0 bridgehead atoms. The highest BCUT2D eigenvalue weighted by Gasteiger charge is 2.32. The first-order valence-electron chi connectivity index (χ1n) is 11.8. The van der Waals surface area contributed by atoms with Crippen molar-refractivity contribution in [1.29, 1.82) is 0 Å². The number of aliphatic hydroxyl groups is 1. The van der Waals surface area contributed by atoms with Gasteiger partial charge in [0.05, 0.1) is 11.7 Å². The Morgan fingerprint density at radius 3 is 2.50 bits per heavy atom. The van der Waals surface area contributed by atoms with Gasteiger partial charge in [-0.3, -0.25) is 4.90 Å². The van der Waals surface area contributed by atoms with Crippen LogP contribution in [0, 0.1) is 6.92 Å². The van der Waals surface area contributed by atoms with Crippen LogP contribution in [0.4, 0.5) is 0 Å². The summed E-state index contributed by atoms with van der Waals surface area (Å²) in [5.41, 5.74) is 4.31. The maximum absolute atomic E-state index is 10.6. The molecule has 1 saturated carbocycles. The summed E-state index contributed by atoms with van der Waals surface area (Å²) in [4.78, 5) is 2.42. The summed E-state index contributed by atoms with van der Waals surface area (Å²) in [6.45, 7) is 5.65. The summed E-state index contributed by atoms with van der Waals surface area (Å²) in [6, 6.07) is 19.0. The monoisotopic (exact) mass is 433 g/mol. The number of hydrogen-bond acceptors (Lipinski definition) is 4. The molecule has 1 aliphatic rings. The molecule has 0 saturated heterocycles. The Bertz CT molecular complexity index is 994. The Hall–Kier alpha value is -2.63. The van der Waals surface area contributed by atoms with Gasteiger partial charge in [-0.05, 0) is 38.3 Å². The summed E-state index contributed by atoms with van der Waals surface area (Å²) in [7, 11) is 1.94. The van der Waals surface area contributed by atoms with E-state index < -0.39 is 0 Å². The zero-order valence-electron chi connectivity index (χ0n) is 19.5. The molecular formula is C27H35N3O2. The van der Waals surface area contributed by atoms with Gasteiger partial charge in [0.25, 0.3) is 0 Å². The van der Waals surface area contributed by atoms with Crippen LogP contribution in [0.15, 0.2) is 54.6 Å². The molecule has 2 aromatic carbocycles. The molecule has 1 aromatic heterocycles. The van der Waals surface area contributed by atoms with Crippen molar-refractivity contribution in [3.63, 3.8) is 0 Å². The molecule has 170 valence electrons. The third-order valence-electron chi connectivity index (χ3n) is 6.13. The Morgan fingerprint density at radius 2 is 1.84 bits per heavy atom. The molecule has 0 aliphatic heterocycles. The third kappa shape index (κ3) is 5.59. The van der Waals surface area contributed by atoms with Crippen LogP contribution in [0.1, 0.15) is 50.2 Å². The average Bonchev–Trinajstić information content (AvgIpc) is 3.60. The lowest BCUT2D eigenvalue weighted by molar-refractivity contribution is 0.0951. The summed E-state index contributed by atoms with van der Waals surface area (Å²) >= 11 is 0. The Labute approximate surface area is 191 Å². The zero-order chi connectivity index (χ0) is 22.5. The number of benzene rings is 2. The van der Waals surface area contributed by atoms with Crippen LogP contribution in [-0.4, -0.2) is 38.5 Å². The molecule has 4 rings (SSSR count). The van der Waals surface area contributed by atoms with Crippen molar-refractivity contribution in [2.45, 2.75) is 64.6 Å². The van der Waals surface area contributed by atoms with Crippen LogP contribution in [0.3, 0.4) is 0 Å². The van der Waals surface area contributed by atoms with Gasteiger partial charge in [-0.15, -0.1) is 0 Å². The summed E-state index contributed by atoms with van der Waals surface area (Å²) in [6.07, 6.45) is 5.10. The van der Waals surface area contributed by atoms with E-state index in [0.717, 1.165) is 47.7 Å². The molecule has 32 heavy (non-hydrogen) atoms. The minimum atomic E-state index is -0.297. The highest BCUT2D eigenvalue weighted by molar-refractivity contribution is 5.65. The SMILES string of the molecule is CCCC[C@@H](O)CN(Cc1c(-c2ccccc2)nn(C)c1Oc1ccc(C)cc1)C1CC1. The predicted octanol–water partition coefficient (Wildman–Crippen LogP) is 5.70. The molecule has 3 aromatic rings. The summed E-state index contributed by atoms with van der Waals surface area (Å²) in [5, 5.41) is 15.5. The van der Waals surface area contributed by atoms with Gasteiger partial charge in [-0.25, -0.2) is 4.68 Å². The molecule has 5 nitrogen and oxygen atoms in total. The van der Waals surface area contributed by atoms with Crippen molar-refractivity contribution in [1.82, 2.24) is 14.7 Å². The van der Waals surface area contributed by atoms with Crippen LogP contribution in [-0.2, 0) is 13.6 Å². The second-order valence-corrected chi connectivity index (χ2v) is 8.99. The fourth-order valence-electron chi connectivity index (χ4n) is 4.16. The molecule has 1 fully saturated rings. The smallest absolute Gasteiger partial charge is 0.222 e. The largest absolute Gasteiger partial charge is 0.439 e. The van der Waals surface area contributed by atoms with Gasteiger partial charge in [0.1, 0.15) is 11.4 Å². The van der Waals surface area contributed by atoms with Gasteiger partial charge in [0.15, 0.2) is 0 Å². The minimum absolute atomic E-state index is 0.297. The molecule has 1 aliphatic carbocycles. The molecule has 5 heteroatoms. The van der Waals surface area contributed by atoms with Crippen molar-refractivity contribution in [3.05, 3.63) is 65.7 Å². The second kappa shape index (κ2) is 10.3. The van der Waals surface area contributed by atoms with Crippen LogP contribution in [0.25, 0.3) is 11.3 Å². The first-order chi connectivity index (χ1) is 15.5. The van der Waals surface area contributed by atoms with Crippen molar-refractivity contribution in [2.24, 2.45) is 7.05 Å². The van der Waals surface area contributed by atoms with Gasteiger partial charge < -0.3 is 9.84 Å². The summed E-state index contributed by atoms with van der Waals surface area (Å²) in [5.74, 6) is 1.57. The number of unbranched alkanes of at least 4 members (excludes halogenated alkanes) is 1.